The molecule has 0 spiro atoms. The number of carbonyl (C=O) groups excluding carboxylic acids is 1. The van der Waals surface area contributed by atoms with Gasteiger partial charge in [0.05, 0.1) is 5.69 Å². The first-order valence-electron chi connectivity index (χ1n) is 10.3. The van der Waals surface area contributed by atoms with Crippen LogP contribution in [0.25, 0.3) is 11.1 Å². The van der Waals surface area contributed by atoms with Crippen molar-refractivity contribution in [3.63, 3.8) is 0 Å². The molecule has 0 aliphatic carbocycles. The maximum Gasteiger partial charge on any atom is 0.263 e. The van der Waals surface area contributed by atoms with Crippen molar-refractivity contribution in [3.8, 4) is 0 Å². The Hall–Kier alpha value is -2.96. The fraction of sp³-hybridized carbons (Fsp3) is 0.455. The van der Waals surface area contributed by atoms with Gasteiger partial charge in [-0.05, 0) is 63.3 Å². The Bertz CT molecular complexity index is 1020. The molecule has 0 bridgehead atoms. The minimum absolute atomic E-state index is 0.0491. The number of aromatic nitrogens is 3. The summed E-state index contributed by atoms with van der Waals surface area (Å²) in [4.78, 5) is 24.0. The van der Waals surface area contributed by atoms with Crippen molar-refractivity contribution in [2.24, 2.45) is 0 Å². The van der Waals surface area contributed by atoms with Gasteiger partial charge in [-0.25, -0.2) is 4.98 Å². The summed E-state index contributed by atoms with van der Waals surface area (Å²) in [6.45, 7) is 7.91. The maximum absolute atomic E-state index is 12.4. The number of benzene rings is 1. The predicted molar refractivity (Wildman–Crippen MR) is 113 cm³/mol. The van der Waals surface area contributed by atoms with Crippen LogP contribution in [-0.4, -0.2) is 34.1 Å². The third-order valence-corrected chi connectivity index (χ3v) is 5.27. The Morgan fingerprint density at radius 1 is 1.07 bits per heavy atom. The lowest BCUT2D eigenvalue weighted by atomic mass is 10.1. The molecule has 1 aliphatic rings. The van der Waals surface area contributed by atoms with Crippen molar-refractivity contribution < 1.29 is 9.32 Å². The number of hydrogen-bond donors (Lipinski definition) is 1. The van der Waals surface area contributed by atoms with Crippen LogP contribution in [0.3, 0.4) is 0 Å². The molecule has 0 atom stereocenters. The molecule has 1 N–H and O–H groups in total. The molecular formula is C22H27N5O2. The molecule has 0 saturated carbocycles. The van der Waals surface area contributed by atoms with E-state index >= 15 is 0 Å². The highest BCUT2D eigenvalue weighted by molar-refractivity contribution is 5.91. The van der Waals surface area contributed by atoms with Gasteiger partial charge in [0.2, 0.25) is 5.91 Å². The SMILES string of the molecule is Cc1cc(C)cc(NC(=O)CCc2nc(N3CCCCC3)c3c(C)noc3n2)c1. The third kappa shape index (κ3) is 4.39. The average molecular weight is 393 g/mol. The van der Waals surface area contributed by atoms with E-state index in [0.29, 0.717) is 24.4 Å². The lowest BCUT2D eigenvalue weighted by Gasteiger charge is -2.28. The third-order valence-electron chi connectivity index (χ3n) is 5.27. The number of nitrogens with one attached hydrogen (secondary N) is 1. The Labute approximate surface area is 170 Å². The molecule has 1 aliphatic heterocycles. The number of carbonyl (C=O) groups is 1. The van der Waals surface area contributed by atoms with Gasteiger partial charge in [-0.3, -0.25) is 4.79 Å². The summed E-state index contributed by atoms with van der Waals surface area (Å²) in [7, 11) is 0. The van der Waals surface area contributed by atoms with Crippen LogP contribution in [0.1, 0.15) is 48.3 Å². The van der Waals surface area contributed by atoms with Crippen LogP contribution in [0.2, 0.25) is 0 Å². The van der Waals surface area contributed by atoms with E-state index in [-0.39, 0.29) is 5.91 Å². The number of nitrogens with zero attached hydrogens (tertiary/aromatic N) is 4. The van der Waals surface area contributed by atoms with Gasteiger partial charge in [0.25, 0.3) is 5.71 Å². The zero-order valence-electron chi connectivity index (χ0n) is 17.3. The second-order valence-corrected chi connectivity index (χ2v) is 7.88. The van der Waals surface area contributed by atoms with E-state index in [0.717, 1.165) is 59.6 Å². The average Bonchev–Trinajstić information content (AvgIpc) is 3.06. The molecule has 0 radical (unpaired) electrons. The summed E-state index contributed by atoms with van der Waals surface area (Å²) in [5.74, 6) is 1.45. The number of rotatable bonds is 5. The van der Waals surface area contributed by atoms with Gasteiger partial charge >= 0.3 is 0 Å². The first-order chi connectivity index (χ1) is 14.0. The van der Waals surface area contributed by atoms with Gasteiger partial charge in [0, 0.05) is 31.6 Å². The summed E-state index contributed by atoms with van der Waals surface area (Å²) in [6.07, 6.45) is 4.32. The van der Waals surface area contributed by atoms with Gasteiger partial charge in [0.1, 0.15) is 17.0 Å². The summed E-state index contributed by atoms with van der Waals surface area (Å²) in [5.41, 5.74) is 4.38. The molecule has 152 valence electrons. The largest absolute Gasteiger partial charge is 0.356 e. The topological polar surface area (TPSA) is 84.2 Å². The number of anilines is 2. The quantitative estimate of drug-likeness (QED) is 0.702. The van der Waals surface area contributed by atoms with Crippen molar-refractivity contribution >= 4 is 28.5 Å². The van der Waals surface area contributed by atoms with E-state index in [9.17, 15) is 4.79 Å². The lowest BCUT2D eigenvalue weighted by Crippen LogP contribution is -2.30. The van der Waals surface area contributed by atoms with Gasteiger partial charge in [-0.1, -0.05) is 11.2 Å². The molecule has 1 amide bonds. The highest BCUT2D eigenvalue weighted by atomic mass is 16.5. The van der Waals surface area contributed by atoms with Gasteiger partial charge < -0.3 is 14.7 Å². The number of piperidine rings is 1. The van der Waals surface area contributed by atoms with Crippen molar-refractivity contribution in [2.75, 3.05) is 23.3 Å². The molecule has 3 heterocycles. The highest BCUT2D eigenvalue weighted by Gasteiger charge is 2.21. The Kier molecular flexibility index (Phi) is 5.47. The number of fused-ring (bicyclic) bond motifs is 1. The van der Waals surface area contributed by atoms with E-state index in [2.05, 4.69) is 26.4 Å². The molecule has 7 heteroatoms. The van der Waals surface area contributed by atoms with Crippen LogP contribution in [0.4, 0.5) is 11.5 Å². The molecule has 7 nitrogen and oxygen atoms in total. The summed E-state index contributed by atoms with van der Waals surface area (Å²) in [5, 5.41) is 7.93. The lowest BCUT2D eigenvalue weighted by molar-refractivity contribution is -0.116. The molecule has 2 aromatic heterocycles. The number of aryl methyl sites for hydroxylation is 4. The summed E-state index contributed by atoms with van der Waals surface area (Å²) >= 11 is 0. The summed E-state index contributed by atoms with van der Waals surface area (Å²) < 4.78 is 5.42. The maximum atomic E-state index is 12.4. The Morgan fingerprint density at radius 2 is 1.79 bits per heavy atom. The molecule has 1 fully saturated rings. The first kappa shape index (κ1) is 19.4. The molecule has 4 rings (SSSR count). The number of amides is 1. The van der Waals surface area contributed by atoms with Crippen molar-refractivity contribution in [3.05, 3.63) is 40.8 Å². The van der Waals surface area contributed by atoms with Crippen LogP contribution in [-0.2, 0) is 11.2 Å². The zero-order chi connectivity index (χ0) is 20.4. The monoisotopic (exact) mass is 393 g/mol. The van der Waals surface area contributed by atoms with Crippen molar-refractivity contribution in [1.82, 2.24) is 15.1 Å². The van der Waals surface area contributed by atoms with E-state index < -0.39 is 0 Å². The van der Waals surface area contributed by atoms with E-state index in [1.165, 1.54) is 6.42 Å². The van der Waals surface area contributed by atoms with E-state index in [1.807, 2.05) is 32.9 Å². The first-order valence-corrected chi connectivity index (χ1v) is 10.3. The standard InChI is InChI=1S/C22H27N5O2/c1-14-11-15(2)13-17(12-14)23-19(28)8-7-18-24-21(27-9-5-4-6-10-27)20-16(3)26-29-22(20)25-18/h11-13H,4-10H2,1-3H3,(H,23,28). The van der Waals surface area contributed by atoms with Crippen LogP contribution < -0.4 is 10.2 Å². The number of hydrogen-bond acceptors (Lipinski definition) is 6. The van der Waals surface area contributed by atoms with Crippen LogP contribution in [0, 0.1) is 20.8 Å². The molecular weight excluding hydrogens is 366 g/mol. The summed E-state index contributed by atoms with van der Waals surface area (Å²) in [6, 6.07) is 6.03. The van der Waals surface area contributed by atoms with E-state index in [4.69, 9.17) is 9.51 Å². The Morgan fingerprint density at radius 3 is 2.52 bits per heavy atom. The minimum Gasteiger partial charge on any atom is -0.356 e. The molecule has 1 aromatic carbocycles. The minimum atomic E-state index is -0.0491. The van der Waals surface area contributed by atoms with Crippen LogP contribution in [0.5, 0.6) is 0 Å². The van der Waals surface area contributed by atoms with Gasteiger partial charge in [0.15, 0.2) is 0 Å². The van der Waals surface area contributed by atoms with Crippen molar-refractivity contribution in [2.45, 2.75) is 52.9 Å². The highest BCUT2D eigenvalue weighted by Crippen LogP contribution is 2.29. The van der Waals surface area contributed by atoms with Gasteiger partial charge in [-0.2, -0.15) is 4.98 Å². The second-order valence-electron chi connectivity index (χ2n) is 7.88. The van der Waals surface area contributed by atoms with Crippen LogP contribution >= 0.6 is 0 Å². The van der Waals surface area contributed by atoms with Crippen LogP contribution in [0.15, 0.2) is 22.7 Å². The van der Waals surface area contributed by atoms with Crippen molar-refractivity contribution in [1.29, 1.82) is 0 Å². The predicted octanol–water partition coefficient (Wildman–Crippen LogP) is 4.10. The second kappa shape index (κ2) is 8.19. The molecule has 0 unspecified atom stereocenters. The fourth-order valence-corrected chi connectivity index (χ4v) is 3.95. The molecule has 1 saturated heterocycles. The zero-order valence-corrected chi connectivity index (χ0v) is 17.3. The smallest absolute Gasteiger partial charge is 0.263 e. The van der Waals surface area contributed by atoms with Gasteiger partial charge in [-0.15, -0.1) is 0 Å². The normalized spacial score (nSPS) is 14.4. The fourth-order valence-electron chi connectivity index (χ4n) is 3.95. The van der Waals surface area contributed by atoms with E-state index in [1.54, 1.807) is 0 Å². The Balaban J connectivity index is 1.51. The molecule has 29 heavy (non-hydrogen) atoms. The molecule has 3 aromatic rings.